The van der Waals surface area contributed by atoms with E-state index in [4.69, 9.17) is 9.84 Å². The average molecular weight is 235 g/mol. The van der Waals surface area contributed by atoms with E-state index in [1.807, 2.05) is 18.2 Å². The van der Waals surface area contributed by atoms with Gasteiger partial charge in [0.1, 0.15) is 11.9 Å². The SMILES string of the molecule is CC(C)(CCO)NCC1Cc2ccccc2O1. The van der Waals surface area contributed by atoms with Crippen molar-refractivity contribution in [3.8, 4) is 5.75 Å². The number of aliphatic hydroxyl groups is 1. The molecule has 0 aliphatic carbocycles. The smallest absolute Gasteiger partial charge is 0.123 e. The van der Waals surface area contributed by atoms with Gasteiger partial charge in [-0.1, -0.05) is 18.2 Å². The number of benzene rings is 1. The van der Waals surface area contributed by atoms with E-state index in [0.717, 1.165) is 25.1 Å². The van der Waals surface area contributed by atoms with Crippen LogP contribution in [0, 0.1) is 0 Å². The number of hydrogen-bond acceptors (Lipinski definition) is 3. The molecule has 0 radical (unpaired) electrons. The second-order valence-corrected chi connectivity index (χ2v) is 5.29. The molecule has 94 valence electrons. The molecule has 1 aromatic carbocycles. The molecule has 2 rings (SSSR count). The molecule has 1 aromatic rings. The number of fused-ring (bicyclic) bond motifs is 1. The third kappa shape index (κ3) is 3.20. The van der Waals surface area contributed by atoms with Crippen LogP contribution in [0.1, 0.15) is 25.8 Å². The van der Waals surface area contributed by atoms with Crippen LogP contribution in [0.15, 0.2) is 24.3 Å². The summed E-state index contributed by atoms with van der Waals surface area (Å²) in [6.45, 7) is 5.24. The summed E-state index contributed by atoms with van der Waals surface area (Å²) >= 11 is 0. The molecular formula is C14H21NO2. The van der Waals surface area contributed by atoms with Crippen molar-refractivity contribution < 1.29 is 9.84 Å². The summed E-state index contributed by atoms with van der Waals surface area (Å²) in [6.07, 6.45) is 1.94. The van der Waals surface area contributed by atoms with Gasteiger partial charge in [-0.05, 0) is 31.9 Å². The Bertz CT molecular complexity index is 351. The second kappa shape index (κ2) is 5.07. The molecule has 0 fully saturated rings. The Morgan fingerprint density at radius 3 is 2.88 bits per heavy atom. The highest BCUT2D eigenvalue weighted by Crippen LogP contribution is 2.28. The molecular weight excluding hydrogens is 214 g/mol. The van der Waals surface area contributed by atoms with Crippen molar-refractivity contribution in [2.24, 2.45) is 0 Å². The van der Waals surface area contributed by atoms with Crippen molar-refractivity contribution in [2.45, 2.75) is 38.3 Å². The summed E-state index contributed by atoms with van der Waals surface area (Å²) in [4.78, 5) is 0. The molecule has 1 aliphatic rings. The third-order valence-electron chi connectivity index (χ3n) is 3.26. The highest BCUT2D eigenvalue weighted by Gasteiger charge is 2.24. The Hall–Kier alpha value is -1.06. The van der Waals surface area contributed by atoms with Gasteiger partial charge in [-0.15, -0.1) is 0 Å². The molecule has 2 N–H and O–H groups in total. The number of ether oxygens (including phenoxy) is 1. The van der Waals surface area contributed by atoms with E-state index in [2.05, 4.69) is 25.2 Å². The Morgan fingerprint density at radius 2 is 2.18 bits per heavy atom. The first kappa shape index (κ1) is 12.4. The second-order valence-electron chi connectivity index (χ2n) is 5.29. The summed E-state index contributed by atoms with van der Waals surface area (Å²) in [5.41, 5.74) is 1.26. The Labute approximate surface area is 103 Å². The zero-order chi connectivity index (χ0) is 12.3. The van der Waals surface area contributed by atoms with E-state index in [1.165, 1.54) is 5.56 Å². The lowest BCUT2D eigenvalue weighted by molar-refractivity contribution is 0.187. The van der Waals surface area contributed by atoms with Crippen LogP contribution in [0.4, 0.5) is 0 Å². The quantitative estimate of drug-likeness (QED) is 0.817. The van der Waals surface area contributed by atoms with E-state index in [-0.39, 0.29) is 18.2 Å². The van der Waals surface area contributed by atoms with Gasteiger partial charge < -0.3 is 15.2 Å². The van der Waals surface area contributed by atoms with Gasteiger partial charge in [0.05, 0.1) is 0 Å². The van der Waals surface area contributed by atoms with Crippen molar-refractivity contribution in [3.63, 3.8) is 0 Å². The van der Waals surface area contributed by atoms with Crippen LogP contribution in [0.3, 0.4) is 0 Å². The lowest BCUT2D eigenvalue weighted by Gasteiger charge is -2.27. The van der Waals surface area contributed by atoms with Gasteiger partial charge in [-0.2, -0.15) is 0 Å². The highest BCUT2D eigenvalue weighted by molar-refractivity contribution is 5.37. The van der Waals surface area contributed by atoms with Crippen molar-refractivity contribution in [2.75, 3.05) is 13.2 Å². The molecule has 1 atom stereocenters. The van der Waals surface area contributed by atoms with E-state index in [9.17, 15) is 0 Å². The van der Waals surface area contributed by atoms with Gasteiger partial charge in [0.2, 0.25) is 0 Å². The average Bonchev–Trinajstić information content (AvgIpc) is 2.69. The van der Waals surface area contributed by atoms with Gasteiger partial charge in [-0.3, -0.25) is 0 Å². The molecule has 1 heterocycles. The normalized spacial score (nSPS) is 18.9. The molecule has 0 saturated carbocycles. The summed E-state index contributed by atoms with van der Waals surface area (Å²) in [5.74, 6) is 1.01. The minimum Gasteiger partial charge on any atom is -0.488 e. The number of hydrogen-bond donors (Lipinski definition) is 2. The molecule has 0 saturated heterocycles. The lowest BCUT2D eigenvalue weighted by atomic mass is 10.0. The largest absolute Gasteiger partial charge is 0.488 e. The molecule has 0 bridgehead atoms. The highest BCUT2D eigenvalue weighted by atomic mass is 16.5. The number of rotatable bonds is 5. The zero-order valence-electron chi connectivity index (χ0n) is 10.6. The first-order valence-electron chi connectivity index (χ1n) is 6.21. The first-order valence-corrected chi connectivity index (χ1v) is 6.21. The monoisotopic (exact) mass is 235 g/mol. The minimum atomic E-state index is -0.0348. The van der Waals surface area contributed by atoms with Gasteiger partial charge in [0, 0.05) is 25.1 Å². The van der Waals surface area contributed by atoms with Crippen LogP contribution in [0.25, 0.3) is 0 Å². The first-order chi connectivity index (χ1) is 8.11. The van der Waals surface area contributed by atoms with Gasteiger partial charge in [-0.25, -0.2) is 0 Å². The standard InChI is InChI=1S/C14H21NO2/c1-14(2,7-8-16)15-10-12-9-11-5-3-4-6-13(11)17-12/h3-6,12,15-16H,7-10H2,1-2H3. The topological polar surface area (TPSA) is 41.5 Å². The molecule has 3 nitrogen and oxygen atoms in total. The molecule has 0 aromatic heterocycles. The molecule has 3 heteroatoms. The summed E-state index contributed by atoms with van der Waals surface area (Å²) in [7, 11) is 0. The van der Waals surface area contributed by atoms with Crippen LogP contribution in [-0.2, 0) is 6.42 Å². The number of aliphatic hydroxyl groups excluding tert-OH is 1. The maximum atomic E-state index is 8.96. The van der Waals surface area contributed by atoms with E-state index >= 15 is 0 Å². The van der Waals surface area contributed by atoms with Crippen LogP contribution < -0.4 is 10.1 Å². The fourth-order valence-corrected chi connectivity index (χ4v) is 2.13. The van der Waals surface area contributed by atoms with Crippen molar-refractivity contribution in [1.29, 1.82) is 0 Å². The fraction of sp³-hybridized carbons (Fsp3) is 0.571. The fourth-order valence-electron chi connectivity index (χ4n) is 2.13. The van der Waals surface area contributed by atoms with Crippen molar-refractivity contribution in [3.05, 3.63) is 29.8 Å². The molecule has 1 aliphatic heterocycles. The number of para-hydroxylation sites is 1. The van der Waals surface area contributed by atoms with Crippen LogP contribution in [-0.4, -0.2) is 29.9 Å². The maximum absolute atomic E-state index is 8.96. The zero-order valence-corrected chi connectivity index (χ0v) is 10.6. The number of nitrogens with one attached hydrogen (secondary N) is 1. The summed E-state index contributed by atoms with van der Waals surface area (Å²) in [5, 5.41) is 12.4. The van der Waals surface area contributed by atoms with E-state index in [0.29, 0.717) is 0 Å². The molecule has 0 spiro atoms. The molecule has 0 amide bonds. The van der Waals surface area contributed by atoms with Gasteiger partial charge >= 0.3 is 0 Å². The molecule has 17 heavy (non-hydrogen) atoms. The Balaban J connectivity index is 1.84. The Morgan fingerprint density at radius 1 is 1.41 bits per heavy atom. The maximum Gasteiger partial charge on any atom is 0.123 e. The summed E-state index contributed by atoms with van der Waals surface area (Å²) < 4.78 is 5.86. The van der Waals surface area contributed by atoms with Crippen molar-refractivity contribution in [1.82, 2.24) is 5.32 Å². The van der Waals surface area contributed by atoms with Crippen molar-refractivity contribution >= 4 is 0 Å². The van der Waals surface area contributed by atoms with Crippen LogP contribution >= 0.6 is 0 Å². The van der Waals surface area contributed by atoms with E-state index < -0.39 is 0 Å². The van der Waals surface area contributed by atoms with Gasteiger partial charge in [0.15, 0.2) is 0 Å². The predicted octanol–water partition coefficient (Wildman–Crippen LogP) is 1.74. The van der Waals surface area contributed by atoms with Crippen LogP contribution in [0.5, 0.6) is 5.75 Å². The molecule has 1 unspecified atom stereocenters. The van der Waals surface area contributed by atoms with Crippen LogP contribution in [0.2, 0.25) is 0 Å². The van der Waals surface area contributed by atoms with Gasteiger partial charge in [0.25, 0.3) is 0 Å². The third-order valence-corrected chi connectivity index (χ3v) is 3.26. The minimum absolute atomic E-state index is 0.0348. The lowest BCUT2D eigenvalue weighted by Crippen LogP contribution is -2.45. The summed E-state index contributed by atoms with van der Waals surface area (Å²) in [6, 6.07) is 8.19. The predicted molar refractivity (Wildman–Crippen MR) is 68.3 cm³/mol. The van der Waals surface area contributed by atoms with E-state index in [1.54, 1.807) is 0 Å². The Kier molecular flexibility index (Phi) is 3.69.